The summed E-state index contributed by atoms with van der Waals surface area (Å²) in [5.74, 6) is 1.03. The predicted molar refractivity (Wildman–Crippen MR) is 83.1 cm³/mol. The van der Waals surface area contributed by atoms with Gasteiger partial charge in [-0.05, 0) is 61.5 Å². The highest BCUT2D eigenvalue weighted by molar-refractivity contribution is 6.01. The number of aliphatic hydroxyl groups is 1. The Labute approximate surface area is 131 Å². The quantitative estimate of drug-likeness (QED) is 0.748. The Balaban J connectivity index is 1.82. The number of fused-ring (bicyclic) bond motifs is 4. The van der Waals surface area contributed by atoms with Crippen LogP contribution in [0.1, 0.15) is 52.4 Å². The highest BCUT2D eigenvalue weighted by Gasteiger charge is 2.56. The molecule has 2 saturated carbocycles. The zero-order valence-corrected chi connectivity index (χ0v) is 13.4. The molecule has 1 N–H and O–H groups in total. The molecule has 0 aromatic rings. The van der Waals surface area contributed by atoms with Gasteiger partial charge in [-0.15, -0.1) is 0 Å². The molecule has 0 aliphatic heterocycles. The van der Waals surface area contributed by atoms with Crippen LogP contribution in [0.15, 0.2) is 23.3 Å². The summed E-state index contributed by atoms with van der Waals surface area (Å²) in [6.45, 7) is 4.32. The van der Waals surface area contributed by atoms with Gasteiger partial charge >= 0.3 is 0 Å². The van der Waals surface area contributed by atoms with Crippen LogP contribution in [-0.4, -0.2) is 22.8 Å². The van der Waals surface area contributed by atoms with Crippen molar-refractivity contribution < 1.29 is 14.7 Å². The number of carbonyl (C=O) groups excluding carboxylic acids is 2. The summed E-state index contributed by atoms with van der Waals surface area (Å²) in [4.78, 5) is 24.1. The Kier molecular flexibility index (Phi) is 2.88. The maximum Gasteiger partial charge on any atom is 0.165 e. The molecule has 0 bridgehead atoms. The highest BCUT2D eigenvalue weighted by atomic mass is 16.3. The van der Waals surface area contributed by atoms with E-state index in [0.29, 0.717) is 31.0 Å². The smallest absolute Gasteiger partial charge is 0.165 e. The Morgan fingerprint density at radius 2 is 1.91 bits per heavy atom. The second-order valence-electron chi connectivity index (χ2n) is 8.19. The zero-order valence-electron chi connectivity index (χ0n) is 13.4. The Morgan fingerprint density at radius 1 is 1.14 bits per heavy atom. The van der Waals surface area contributed by atoms with Gasteiger partial charge in [0.2, 0.25) is 0 Å². The predicted octanol–water partition coefficient (Wildman–Crippen LogP) is 2.98. The summed E-state index contributed by atoms with van der Waals surface area (Å²) in [7, 11) is 0. The van der Waals surface area contributed by atoms with Crippen LogP contribution in [0.25, 0.3) is 0 Å². The molecule has 0 radical (unpaired) electrons. The van der Waals surface area contributed by atoms with E-state index in [1.165, 1.54) is 11.1 Å². The van der Waals surface area contributed by atoms with Crippen LogP contribution in [0.4, 0.5) is 0 Å². The van der Waals surface area contributed by atoms with Crippen LogP contribution >= 0.6 is 0 Å². The van der Waals surface area contributed by atoms with Crippen LogP contribution in [0.5, 0.6) is 0 Å². The summed E-state index contributed by atoms with van der Waals surface area (Å²) in [5, 5.41) is 10.7. The van der Waals surface area contributed by atoms with Crippen LogP contribution in [0, 0.1) is 22.7 Å². The van der Waals surface area contributed by atoms with E-state index in [4.69, 9.17) is 0 Å². The first-order valence-corrected chi connectivity index (χ1v) is 8.52. The summed E-state index contributed by atoms with van der Waals surface area (Å²) < 4.78 is 0. The molecule has 0 spiro atoms. The summed E-state index contributed by atoms with van der Waals surface area (Å²) in [6.07, 6.45) is 7.87. The number of rotatable bonds is 0. The minimum atomic E-state index is -0.445. The van der Waals surface area contributed by atoms with Crippen molar-refractivity contribution in [1.29, 1.82) is 0 Å². The summed E-state index contributed by atoms with van der Waals surface area (Å²) >= 11 is 0. The van der Waals surface area contributed by atoms with Crippen molar-refractivity contribution in [2.75, 3.05) is 0 Å². The molecule has 3 heteroatoms. The fourth-order valence-corrected chi connectivity index (χ4v) is 5.70. The van der Waals surface area contributed by atoms with Crippen molar-refractivity contribution in [3.8, 4) is 0 Å². The van der Waals surface area contributed by atoms with E-state index in [2.05, 4.69) is 13.8 Å². The van der Waals surface area contributed by atoms with Gasteiger partial charge in [0.1, 0.15) is 5.78 Å². The number of hydrogen-bond acceptors (Lipinski definition) is 3. The van der Waals surface area contributed by atoms with Gasteiger partial charge in [-0.2, -0.15) is 0 Å². The third-order valence-corrected chi connectivity index (χ3v) is 7.17. The van der Waals surface area contributed by atoms with Gasteiger partial charge in [-0.25, -0.2) is 0 Å². The zero-order chi connectivity index (χ0) is 15.7. The number of hydrogen-bond donors (Lipinski definition) is 1. The normalized spacial score (nSPS) is 47.3. The summed E-state index contributed by atoms with van der Waals surface area (Å²) in [5.41, 5.74) is 2.12. The number of ketones is 2. The Morgan fingerprint density at radius 3 is 2.68 bits per heavy atom. The van der Waals surface area contributed by atoms with Gasteiger partial charge in [-0.3, -0.25) is 9.59 Å². The van der Waals surface area contributed by atoms with Gasteiger partial charge in [0.05, 0.1) is 11.5 Å². The van der Waals surface area contributed by atoms with Gasteiger partial charge in [0.25, 0.3) is 0 Å². The second kappa shape index (κ2) is 4.41. The fraction of sp³-hybridized carbons (Fsp3) is 0.684. The first kappa shape index (κ1) is 14.4. The molecule has 2 unspecified atom stereocenters. The van der Waals surface area contributed by atoms with Crippen LogP contribution in [0.2, 0.25) is 0 Å². The molecular weight excluding hydrogens is 276 g/mol. The van der Waals surface area contributed by atoms with Crippen molar-refractivity contribution in [2.24, 2.45) is 22.7 Å². The number of allylic oxidation sites excluding steroid dienone is 3. The van der Waals surface area contributed by atoms with Gasteiger partial charge in [0.15, 0.2) is 5.78 Å². The van der Waals surface area contributed by atoms with Crippen molar-refractivity contribution in [3.63, 3.8) is 0 Å². The molecule has 118 valence electrons. The van der Waals surface area contributed by atoms with E-state index in [-0.39, 0.29) is 22.5 Å². The molecule has 5 atom stereocenters. The van der Waals surface area contributed by atoms with E-state index in [1.807, 2.05) is 6.08 Å². The number of carbonyl (C=O) groups is 2. The van der Waals surface area contributed by atoms with Gasteiger partial charge in [0, 0.05) is 12.8 Å². The lowest BCUT2D eigenvalue weighted by Crippen LogP contribution is -2.52. The molecule has 0 saturated heterocycles. The first-order chi connectivity index (χ1) is 10.4. The maximum atomic E-state index is 12.3. The average Bonchev–Trinajstić information content (AvgIpc) is 2.77. The number of aliphatic hydroxyl groups excluding tert-OH is 1. The lowest BCUT2D eigenvalue weighted by Gasteiger charge is -2.56. The summed E-state index contributed by atoms with van der Waals surface area (Å²) in [6, 6.07) is 0. The van der Waals surface area contributed by atoms with Crippen LogP contribution < -0.4 is 0 Å². The molecule has 0 heterocycles. The first-order valence-electron chi connectivity index (χ1n) is 8.52. The van der Waals surface area contributed by atoms with Crippen molar-refractivity contribution in [1.82, 2.24) is 0 Å². The third kappa shape index (κ3) is 1.66. The van der Waals surface area contributed by atoms with E-state index >= 15 is 0 Å². The standard InChI is InChI=1S/C19H24O3/c1-18-7-5-11(20)9-15(18)16(21)10-12-13-3-4-17(22)19(13,2)8-6-14(12)18/h3-4,14-16,21H,5-10H2,1-2H3/t14-,15?,16?,18+,19-/m0/s1. The Bertz CT molecular complexity index is 629. The van der Waals surface area contributed by atoms with E-state index in [0.717, 1.165) is 19.3 Å². The maximum absolute atomic E-state index is 12.3. The molecule has 0 aromatic heterocycles. The van der Waals surface area contributed by atoms with E-state index in [9.17, 15) is 14.7 Å². The molecule has 4 aliphatic rings. The fourth-order valence-electron chi connectivity index (χ4n) is 5.70. The SMILES string of the molecule is C[C@]12CC[C@H]3C(=C1C=CC2=O)CC(O)C1CC(=O)CC[C@@]13C. The highest BCUT2D eigenvalue weighted by Crippen LogP contribution is 2.61. The van der Waals surface area contributed by atoms with Gasteiger partial charge in [-0.1, -0.05) is 18.6 Å². The minimum Gasteiger partial charge on any atom is -0.392 e. The Hall–Kier alpha value is -1.22. The van der Waals surface area contributed by atoms with E-state index in [1.54, 1.807) is 6.08 Å². The second-order valence-corrected chi connectivity index (χ2v) is 8.19. The van der Waals surface area contributed by atoms with Crippen LogP contribution in [0.3, 0.4) is 0 Å². The molecule has 2 fully saturated rings. The van der Waals surface area contributed by atoms with Gasteiger partial charge < -0.3 is 5.11 Å². The van der Waals surface area contributed by atoms with E-state index < -0.39 is 6.10 Å². The monoisotopic (exact) mass is 300 g/mol. The van der Waals surface area contributed by atoms with Crippen molar-refractivity contribution >= 4 is 11.6 Å². The van der Waals surface area contributed by atoms with Crippen molar-refractivity contribution in [2.45, 2.75) is 58.5 Å². The number of Topliss-reactive ketones (excluding diaryl/α,β-unsaturated/α-hetero) is 1. The minimum absolute atomic E-state index is 0.00865. The van der Waals surface area contributed by atoms with Crippen LogP contribution in [-0.2, 0) is 9.59 Å². The third-order valence-electron chi connectivity index (χ3n) is 7.17. The molecule has 0 amide bonds. The molecule has 22 heavy (non-hydrogen) atoms. The molecule has 4 aliphatic carbocycles. The lowest BCUT2D eigenvalue weighted by atomic mass is 9.49. The molecule has 4 rings (SSSR count). The molecular formula is C19H24O3. The molecule has 3 nitrogen and oxygen atoms in total. The lowest BCUT2D eigenvalue weighted by molar-refractivity contribution is -0.134. The molecule has 0 aromatic carbocycles. The average molecular weight is 300 g/mol. The van der Waals surface area contributed by atoms with Crippen molar-refractivity contribution in [3.05, 3.63) is 23.3 Å². The topological polar surface area (TPSA) is 54.4 Å². The largest absolute Gasteiger partial charge is 0.392 e.